The molecule has 0 aromatic heterocycles. The zero-order valence-corrected chi connectivity index (χ0v) is 15.1. The van der Waals surface area contributed by atoms with Crippen molar-refractivity contribution in [3.05, 3.63) is 47.5 Å². The van der Waals surface area contributed by atoms with Crippen LogP contribution in [0.1, 0.15) is 6.92 Å². The summed E-state index contributed by atoms with van der Waals surface area (Å²) >= 11 is 7.41. The molecule has 0 aliphatic carbocycles. The summed E-state index contributed by atoms with van der Waals surface area (Å²) in [5, 5.41) is 3.22. The molecule has 2 aromatic rings. The molecule has 2 N–H and O–H groups in total. The number of amides is 1. The number of thioether (sulfide) groups is 1. The third-order valence-electron chi connectivity index (χ3n) is 3.53. The van der Waals surface area contributed by atoms with Gasteiger partial charge in [-0.2, -0.15) is 0 Å². The fourth-order valence-corrected chi connectivity index (χ4v) is 4.49. The quantitative estimate of drug-likeness (QED) is 0.846. The van der Waals surface area contributed by atoms with Gasteiger partial charge in [-0.15, -0.1) is 11.8 Å². The Labute approximate surface area is 149 Å². The van der Waals surface area contributed by atoms with Crippen molar-refractivity contribution in [2.24, 2.45) is 5.92 Å². The van der Waals surface area contributed by atoms with Gasteiger partial charge in [0.1, 0.15) is 0 Å². The fourth-order valence-electron chi connectivity index (χ4n) is 2.21. The Hall–Kier alpha value is -1.70. The lowest BCUT2D eigenvalue weighted by atomic mass is 10.2. The minimum absolute atomic E-state index is 0.0803. The van der Waals surface area contributed by atoms with Crippen LogP contribution in [-0.2, 0) is 14.8 Å². The summed E-state index contributed by atoms with van der Waals surface area (Å²) < 4.78 is 27.6. The number of sulfonamides is 1. The summed E-state index contributed by atoms with van der Waals surface area (Å²) in [4.78, 5) is 12.9. The van der Waals surface area contributed by atoms with Gasteiger partial charge in [-0.1, -0.05) is 24.6 Å². The Balaban J connectivity index is 1.92. The number of fused-ring (bicyclic) bond motifs is 1. The van der Waals surface area contributed by atoms with E-state index < -0.39 is 10.0 Å². The molecule has 1 aliphatic rings. The first kappa shape index (κ1) is 17.1. The second-order valence-electron chi connectivity index (χ2n) is 5.48. The minimum Gasteiger partial charge on any atom is -0.325 e. The second-order valence-corrected chi connectivity index (χ2v) is 8.66. The molecular weight excluding hydrogens is 368 g/mol. The third-order valence-corrected chi connectivity index (χ3v) is 6.48. The Morgan fingerprint density at radius 3 is 2.79 bits per heavy atom. The lowest BCUT2D eigenvalue weighted by Crippen LogP contribution is -2.20. The van der Waals surface area contributed by atoms with Gasteiger partial charge in [-0.25, -0.2) is 8.42 Å². The molecule has 0 saturated heterocycles. The van der Waals surface area contributed by atoms with Gasteiger partial charge in [0.15, 0.2) is 0 Å². The van der Waals surface area contributed by atoms with Gasteiger partial charge in [-0.3, -0.25) is 9.52 Å². The fraction of sp³-hybridized carbons (Fsp3) is 0.188. The van der Waals surface area contributed by atoms with Crippen molar-refractivity contribution in [3.63, 3.8) is 0 Å². The van der Waals surface area contributed by atoms with E-state index in [2.05, 4.69) is 10.0 Å². The Bertz CT molecular complexity index is 900. The van der Waals surface area contributed by atoms with Gasteiger partial charge in [0.25, 0.3) is 10.0 Å². The molecule has 24 heavy (non-hydrogen) atoms. The van der Waals surface area contributed by atoms with Crippen molar-refractivity contribution in [3.8, 4) is 0 Å². The zero-order valence-electron chi connectivity index (χ0n) is 12.7. The van der Waals surface area contributed by atoms with Crippen LogP contribution in [0.5, 0.6) is 0 Å². The molecule has 0 saturated carbocycles. The van der Waals surface area contributed by atoms with Crippen LogP contribution < -0.4 is 10.0 Å². The average molecular weight is 383 g/mol. The number of anilines is 2. The van der Waals surface area contributed by atoms with Gasteiger partial charge >= 0.3 is 0 Å². The first-order chi connectivity index (χ1) is 11.3. The van der Waals surface area contributed by atoms with Crippen LogP contribution in [0.2, 0.25) is 5.02 Å². The van der Waals surface area contributed by atoms with Crippen molar-refractivity contribution in [2.45, 2.75) is 16.7 Å². The maximum atomic E-state index is 12.6. The van der Waals surface area contributed by atoms with Crippen LogP contribution in [-0.4, -0.2) is 20.1 Å². The minimum atomic E-state index is -3.78. The molecule has 1 aliphatic heterocycles. The first-order valence-corrected chi connectivity index (χ1v) is 10.1. The summed E-state index contributed by atoms with van der Waals surface area (Å²) in [6.45, 7) is 1.84. The van der Waals surface area contributed by atoms with E-state index in [1.165, 1.54) is 30.0 Å². The summed E-state index contributed by atoms with van der Waals surface area (Å²) in [7, 11) is -3.78. The number of halogens is 1. The predicted molar refractivity (Wildman–Crippen MR) is 97.2 cm³/mol. The van der Waals surface area contributed by atoms with Crippen LogP contribution in [0.3, 0.4) is 0 Å². The number of hydrogen-bond donors (Lipinski definition) is 2. The first-order valence-electron chi connectivity index (χ1n) is 7.21. The monoisotopic (exact) mass is 382 g/mol. The standard InChI is InChI=1S/C16H15ClN2O3S2/c1-10-9-23-15-6-5-13(8-14(15)18-16(10)20)24(21,22)19-12-4-2-3-11(17)7-12/h2-8,10,19H,9H2,1H3,(H,18,20)/t10-/m0/s1. The van der Waals surface area contributed by atoms with Gasteiger partial charge < -0.3 is 5.32 Å². The Kier molecular flexibility index (Phi) is 4.76. The highest BCUT2D eigenvalue weighted by molar-refractivity contribution is 7.99. The topological polar surface area (TPSA) is 75.3 Å². The Morgan fingerprint density at radius 1 is 1.25 bits per heavy atom. The number of carbonyl (C=O) groups is 1. The van der Waals surface area contributed by atoms with E-state index in [1.807, 2.05) is 6.92 Å². The summed E-state index contributed by atoms with van der Waals surface area (Å²) in [5.74, 6) is 0.414. The number of hydrogen-bond acceptors (Lipinski definition) is 4. The SMILES string of the molecule is C[C@H]1CSc2ccc(S(=O)(=O)Nc3cccc(Cl)c3)cc2NC1=O. The summed E-state index contributed by atoms with van der Waals surface area (Å²) in [6.07, 6.45) is 0. The number of carbonyl (C=O) groups excluding carboxylic acids is 1. The summed E-state index contributed by atoms with van der Waals surface area (Å²) in [6, 6.07) is 11.2. The van der Waals surface area contributed by atoms with Gasteiger partial charge in [-0.05, 0) is 36.4 Å². The van der Waals surface area contributed by atoms with Crippen molar-refractivity contribution in [1.29, 1.82) is 0 Å². The van der Waals surface area contributed by atoms with E-state index >= 15 is 0 Å². The molecule has 126 valence electrons. The molecule has 0 fully saturated rings. The van der Waals surface area contributed by atoms with Crippen molar-refractivity contribution >= 4 is 50.7 Å². The van der Waals surface area contributed by atoms with E-state index in [-0.39, 0.29) is 16.7 Å². The van der Waals surface area contributed by atoms with Gasteiger partial charge in [0.05, 0.1) is 16.3 Å². The van der Waals surface area contributed by atoms with Crippen molar-refractivity contribution < 1.29 is 13.2 Å². The molecule has 5 nitrogen and oxygen atoms in total. The highest BCUT2D eigenvalue weighted by Crippen LogP contribution is 2.34. The molecule has 0 spiro atoms. The summed E-state index contributed by atoms with van der Waals surface area (Å²) in [5.41, 5.74) is 0.896. The van der Waals surface area contributed by atoms with Crippen LogP contribution in [0, 0.1) is 5.92 Å². The lowest BCUT2D eigenvalue weighted by Gasteiger charge is -2.12. The van der Waals surface area contributed by atoms with E-state index in [1.54, 1.807) is 24.3 Å². The molecule has 3 rings (SSSR count). The van der Waals surface area contributed by atoms with Gasteiger partial charge in [0.2, 0.25) is 5.91 Å². The zero-order chi connectivity index (χ0) is 17.3. The third kappa shape index (κ3) is 3.68. The molecule has 1 atom stereocenters. The van der Waals surface area contributed by atoms with Crippen LogP contribution in [0.15, 0.2) is 52.3 Å². The normalized spacial score (nSPS) is 17.6. The second kappa shape index (κ2) is 6.66. The Morgan fingerprint density at radius 2 is 2.04 bits per heavy atom. The number of benzene rings is 2. The highest BCUT2D eigenvalue weighted by Gasteiger charge is 2.23. The van der Waals surface area contributed by atoms with E-state index in [0.29, 0.717) is 22.2 Å². The smallest absolute Gasteiger partial charge is 0.261 e. The number of rotatable bonds is 3. The van der Waals surface area contributed by atoms with E-state index in [4.69, 9.17) is 11.6 Å². The highest BCUT2D eigenvalue weighted by atomic mass is 35.5. The molecule has 8 heteroatoms. The average Bonchev–Trinajstić information content (AvgIpc) is 2.66. The van der Waals surface area contributed by atoms with E-state index in [9.17, 15) is 13.2 Å². The van der Waals surface area contributed by atoms with Crippen molar-refractivity contribution in [2.75, 3.05) is 15.8 Å². The molecular formula is C16H15ClN2O3S2. The molecule has 0 unspecified atom stereocenters. The lowest BCUT2D eigenvalue weighted by molar-refractivity contribution is -0.118. The largest absolute Gasteiger partial charge is 0.325 e. The molecule has 2 aromatic carbocycles. The molecule has 1 amide bonds. The van der Waals surface area contributed by atoms with E-state index in [0.717, 1.165) is 4.90 Å². The maximum Gasteiger partial charge on any atom is 0.261 e. The van der Waals surface area contributed by atoms with Crippen LogP contribution >= 0.6 is 23.4 Å². The number of nitrogens with one attached hydrogen (secondary N) is 2. The molecule has 0 bridgehead atoms. The molecule has 0 radical (unpaired) electrons. The molecule has 1 heterocycles. The van der Waals surface area contributed by atoms with Crippen LogP contribution in [0.25, 0.3) is 0 Å². The maximum absolute atomic E-state index is 12.6. The van der Waals surface area contributed by atoms with Crippen LogP contribution in [0.4, 0.5) is 11.4 Å². The van der Waals surface area contributed by atoms with Crippen molar-refractivity contribution in [1.82, 2.24) is 0 Å². The predicted octanol–water partition coefficient (Wildman–Crippen LogP) is 3.82. The van der Waals surface area contributed by atoms with Gasteiger partial charge in [0, 0.05) is 21.6 Å².